The predicted molar refractivity (Wildman–Crippen MR) is 90.8 cm³/mol. The zero-order valence-corrected chi connectivity index (χ0v) is 13.6. The van der Waals surface area contributed by atoms with Gasteiger partial charge in [-0.2, -0.15) is 0 Å². The van der Waals surface area contributed by atoms with Gasteiger partial charge in [0.05, 0.1) is 0 Å². The third kappa shape index (κ3) is 5.42. The minimum Gasteiger partial charge on any atom is -0.457 e. The minimum atomic E-state index is -0.144. The Labute approximate surface area is 137 Å². The van der Waals surface area contributed by atoms with Crippen molar-refractivity contribution in [2.75, 3.05) is 13.2 Å². The maximum absolute atomic E-state index is 12.3. The van der Waals surface area contributed by atoms with Crippen molar-refractivity contribution in [1.82, 2.24) is 5.32 Å². The summed E-state index contributed by atoms with van der Waals surface area (Å²) in [6.07, 6.45) is 0.643. The van der Waals surface area contributed by atoms with Crippen LogP contribution in [0.4, 0.5) is 0 Å². The summed E-state index contributed by atoms with van der Waals surface area (Å²) in [5.74, 6) is 1.21. The highest BCUT2D eigenvalue weighted by Crippen LogP contribution is 2.22. The number of aliphatic hydroxyl groups excluding tert-OH is 1. The van der Waals surface area contributed by atoms with Crippen LogP contribution in [-0.4, -0.2) is 24.2 Å². The number of para-hydroxylation sites is 1. The summed E-state index contributed by atoms with van der Waals surface area (Å²) in [5, 5.41) is 11.9. The summed E-state index contributed by atoms with van der Waals surface area (Å²) in [5.41, 5.74) is 0.418. The molecule has 0 aromatic heterocycles. The molecule has 0 bridgehead atoms. The first kappa shape index (κ1) is 17.0. The molecule has 0 fully saturated rings. The van der Waals surface area contributed by atoms with Gasteiger partial charge in [0.15, 0.2) is 0 Å². The fraction of sp³-hybridized carbons (Fsp3) is 0.316. The van der Waals surface area contributed by atoms with Crippen molar-refractivity contribution in [3.8, 4) is 11.5 Å². The molecule has 0 aliphatic heterocycles. The van der Waals surface area contributed by atoms with E-state index in [-0.39, 0.29) is 17.9 Å². The van der Waals surface area contributed by atoms with Gasteiger partial charge in [-0.25, -0.2) is 0 Å². The summed E-state index contributed by atoms with van der Waals surface area (Å²) in [4.78, 5) is 12.3. The molecule has 0 aliphatic rings. The zero-order valence-electron chi connectivity index (χ0n) is 13.6. The summed E-state index contributed by atoms with van der Waals surface area (Å²) in [7, 11) is 0. The normalized spacial score (nSPS) is 11.1. The lowest BCUT2D eigenvalue weighted by Crippen LogP contribution is -2.34. The van der Waals surface area contributed by atoms with E-state index in [0.717, 1.165) is 5.75 Å². The van der Waals surface area contributed by atoms with Gasteiger partial charge >= 0.3 is 0 Å². The molecule has 0 heterocycles. The van der Waals surface area contributed by atoms with Crippen molar-refractivity contribution in [1.29, 1.82) is 0 Å². The van der Waals surface area contributed by atoms with E-state index >= 15 is 0 Å². The molecule has 0 aliphatic carbocycles. The Morgan fingerprint density at radius 3 is 2.48 bits per heavy atom. The molecule has 2 N–H and O–H groups in total. The molecule has 2 aromatic rings. The van der Waals surface area contributed by atoms with Crippen molar-refractivity contribution in [2.45, 2.75) is 20.3 Å². The maximum atomic E-state index is 12.3. The number of ether oxygens (including phenoxy) is 1. The highest BCUT2D eigenvalue weighted by atomic mass is 16.5. The largest absolute Gasteiger partial charge is 0.457 e. The van der Waals surface area contributed by atoms with Crippen LogP contribution in [0.3, 0.4) is 0 Å². The Bertz CT molecular complexity index is 638. The van der Waals surface area contributed by atoms with Crippen LogP contribution < -0.4 is 10.1 Å². The Morgan fingerprint density at radius 2 is 1.78 bits per heavy atom. The van der Waals surface area contributed by atoms with Crippen LogP contribution in [0.15, 0.2) is 54.6 Å². The average Bonchev–Trinajstić information content (AvgIpc) is 2.54. The highest BCUT2D eigenvalue weighted by Gasteiger charge is 2.18. The molecule has 4 heteroatoms. The lowest BCUT2D eigenvalue weighted by atomic mass is 9.89. The first-order valence-corrected chi connectivity index (χ1v) is 7.72. The standard InChI is InChI=1S/C19H23NO3/c1-19(2,11-12-21)14-20-18(22)15-7-6-10-17(13-15)23-16-8-4-3-5-9-16/h3-10,13,21H,11-12,14H2,1-2H3,(H,20,22). The lowest BCUT2D eigenvalue weighted by Gasteiger charge is -2.23. The van der Waals surface area contributed by atoms with E-state index in [1.165, 1.54) is 0 Å². The minimum absolute atomic E-state index is 0.114. The summed E-state index contributed by atoms with van der Waals surface area (Å²) >= 11 is 0. The monoisotopic (exact) mass is 313 g/mol. The number of nitrogens with one attached hydrogen (secondary N) is 1. The van der Waals surface area contributed by atoms with Crippen molar-refractivity contribution in [3.63, 3.8) is 0 Å². The fourth-order valence-electron chi connectivity index (χ4n) is 2.14. The number of hydrogen-bond acceptors (Lipinski definition) is 3. The third-order valence-electron chi connectivity index (χ3n) is 3.59. The van der Waals surface area contributed by atoms with Crippen LogP contribution in [0.5, 0.6) is 11.5 Å². The summed E-state index contributed by atoms with van der Waals surface area (Å²) in [6, 6.07) is 16.5. The highest BCUT2D eigenvalue weighted by molar-refractivity contribution is 5.94. The average molecular weight is 313 g/mol. The van der Waals surface area contributed by atoms with E-state index < -0.39 is 0 Å². The van der Waals surface area contributed by atoms with E-state index in [1.54, 1.807) is 18.2 Å². The van der Waals surface area contributed by atoms with Gasteiger partial charge in [0.2, 0.25) is 0 Å². The van der Waals surface area contributed by atoms with Crippen molar-refractivity contribution in [3.05, 3.63) is 60.2 Å². The van der Waals surface area contributed by atoms with Gasteiger partial charge in [-0.05, 0) is 42.2 Å². The third-order valence-corrected chi connectivity index (χ3v) is 3.59. The van der Waals surface area contributed by atoms with Crippen LogP contribution in [-0.2, 0) is 0 Å². The van der Waals surface area contributed by atoms with E-state index in [2.05, 4.69) is 5.32 Å². The number of hydrogen-bond donors (Lipinski definition) is 2. The molecule has 4 nitrogen and oxygen atoms in total. The van der Waals surface area contributed by atoms with Crippen molar-refractivity contribution < 1.29 is 14.6 Å². The second-order valence-corrected chi connectivity index (χ2v) is 6.26. The molecule has 2 aromatic carbocycles. The van der Waals surface area contributed by atoms with Gasteiger partial charge in [-0.1, -0.05) is 38.1 Å². The number of carbonyl (C=O) groups excluding carboxylic acids is 1. The quantitative estimate of drug-likeness (QED) is 0.821. The molecule has 23 heavy (non-hydrogen) atoms. The van der Waals surface area contributed by atoms with E-state index in [1.807, 2.05) is 50.2 Å². The topological polar surface area (TPSA) is 58.6 Å². The fourth-order valence-corrected chi connectivity index (χ4v) is 2.14. The number of aliphatic hydroxyl groups is 1. The second-order valence-electron chi connectivity index (χ2n) is 6.26. The van der Waals surface area contributed by atoms with Crippen LogP contribution in [0.2, 0.25) is 0 Å². The Hall–Kier alpha value is -2.33. The molecule has 2 rings (SSSR count). The van der Waals surface area contributed by atoms with E-state index in [4.69, 9.17) is 9.84 Å². The molecule has 0 unspecified atom stereocenters. The van der Waals surface area contributed by atoms with E-state index in [0.29, 0.717) is 24.3 Å². The van der Waals surface area contributed by atoms with Gasteiger partial charge in [-0.15, -0.1) is 0 Å². The summed E-state index contributed by atoms with van der Waals surface area (Å²) in [6.45, 7) is 4.65. The maximum Gasteiger partial charge on any atom is 0.251 e. The van der Waals surface area contributed by atoms with Gasteiger partial charge in [0, 0.05) is 18.7 Å². The van der Waals surface area contributed by atoms with Crippen molar-refractivity contribution >= 4 is 5.91 Å². The van der Waals surface area contributed by atoms with E-state index in [9.17, 15) is 4.79 Å². The number of rotatable bonds is 7. The molecular weight excluding hydrogens is 290 g/mol. The smallest absolute Gasteiger partial charge is 0.251 e. The van der Waals surface area contributed by atoms with Gasteiger partial charge in [0.1, 0.15) is 11.5 Å². The van der Waals surface area contributed by atoms with Crippen LogP contribution in [0, 0.1) is 5.41 Å². The van der Waals surface area contributed by atoms with Gasteiger partial charge in [-0.3, -0.25) is 4.79 Å². The molecular formula is C19H23NO3. The number of benzene rings is 2. The number of amides is 1. The molecule has 0 saturated heterocycles. The SMILES string of the molecule is CC(C)(CCO)CNC(=O)c1cccc(Oc2ccccc2)c1. The molecule has 1 amide bonds. The van der Waals surface area contributed by atoms with Crippen LogP contribution >= 0.6 is 0 Å². The van der Waals surface area contributed by atoms with Crippen LogP contribution in [0.1, 0.15) is 30.6 Å². The van der Waals surface area contributed by atoms with Crippen molar-refractivity contribution in [2.24, 2.45) is 5.41 Å². The molecule has 0 spiro atoms. The van der Waals surface area contributed by atoms with Gasteiger partial charge in [0.25, 0.3) is 5.91 Å². The Kier molecular flexibility index (Phi) is 5.77. The first-order chi connectivity index (χ1) is 11.0. The first-order valence-electron chi connectivity index (χ1n) is 7.72. The molecule has 0 atom stereocenters. The predicted octanol–water partition coefficient (Wildman–Crippen LogP) is 3.62. The molecule has 122 valence electrons. The zero-order chi connectivity index (χ0) is 16.7. The second kappa shape index (κ2) is 7.79. The lowest BCUT2D eigenvalue weighted by molar-refractivity contribution is 0.0928. The number of carbonyl (C=O) groups is 1. The Balaban J connectivity index is 2.00. The summed E-state index contributed by atoms with van der Waals surface area (Å²) < 4.78 is 5.74. The van der Waals surface area contributed by atoms with Crippen LogP contribution in [0.25, 0.3) is 0 Å². The van der Waals surface area contributed by atoms with Gasteiger partial charge < -0.3 is 15.2 Å². The molecule has 0 radical (unpaired) electrons. The Morgan fingerprint density at radius 1 is 1.09 bits per heavy atom. The molecule has 0 saturated carbocycles.